The number of nitrogens with one attached hydrogen (secondary N) is 1. The molecule has 5 aliphatic rings. The van der Waals surface area contributed by atoms with E-state index >= 15 is 0 Å². The molecule has 0 unspecified atom stereocenters. The van der Waals surface area contributed by atoms with Crippen LogP contribution in [0.3, 0.4) is 0 Å². The van der Waals surface area contributed by atoms with Crippen molar-refractivity contribution < 1.29 is 57.0 Å². The van der Waals surface area contributed by atoms with Crippen molar-refractivity contribution in [2.24, 2.45) is 23.0 Å². The summed E-state index contributed by atoms with van der Waals surface area (Å²) in [6.45, 7) is 22.5. The fraction of sp³-hybridized carbons (Fsp3) is 0.732. The first kappa shape index (κ1) is 44.1. The lowest BCUT2D eigenvalue weighted by Crippen LogP contribution is -2.65. The van der Waals surface area contributed by atoms with Gasteiger partial charge in [-0.1, -0.05) is 19.9 Å². The van der Waals surface area contributed by atoms with E-state index in [2.05, 4.69) is 26.1 Å². The molecule has 15 nitrogen and oxygen atoms in total. The molecule has 1 aromatic rings. The molecule has 0 spiro atoms. The number of aryl methyl sites for hydroxylation is 1. The summed E-state index contributed by atoms with van der Waals surface area (Å²) in [5.41, 5.74) is 3.15. The molecule has 2 heterocycles. The van der Waals surface area contributed by atoms with E-state index in [0.717, 1.165) is 12.8 Å². The Morgan fingerprint density at radius 1 is 0.930 bits per heavy atom. The second-order valence-corrected chi connectivity index (χ2v) is 19.6. The van der Waals surface area contributed by atoms with E-state index in [9.17, 15) is 24.0 Å². The van der Waals surface area contributed by atoms with Gasteiger partial charge in [0.1, 0.15) is 40.3 Å². The smallest absolute Gasteiger partial charge is 0.486 e. The zero-order valence-corrected chi connectivity index (χ0v) is 35.7. The molecule has 2 bridgehead atoms. The minimum Gasteiger partial charge on any atom is -0.486 e. The maximum absolute atomic E-state index is 14.0. The van der Waals surface area contributed by atoms with Gasteiger partial charge in [0.05, 0.1) is 24.8 Å². The quantitative estimate of drug-likeness (QED) is 0.109. The molecule has 16 heteroatoms. The highest BCUT2D eigenvalue weighted by Gasteiger charge is 2.67. The van der Waals surface area contributed by atoms with Gasteiger partial charge in [-0.15, -0.1) is 0 Å². The third-order valence-corrected chi connectivity index (χ3v) is 11.2. The number of rotatable bonds is 12. The van der Waals surface area contributed by atoms with Crippen molar-refractivity contribution >= 4 is 37.2 Å². The summed E-state index contributed by atoms with van der Waals surface area (Å²) < 4.78 is 41.8. The van der Waals surface area contributed by atoms with Crippen LogP contribution >= 0.6 is 0 Å². The van der Waals surface area contributed by atoms with Gasteiger partial charge in [-0.3, -0.25) is 9.59 Å². The Balaban J connectivity index is 1.32. The standard InChI is InChI=1S/C41H62BN3O12/c1-37(2,3)53-34(48)31-27(51-25-21-45(22-25)30(46)16-14-26(33(43)47)44-35(49)54-38(4,5)6)15-13-23(32(31)52-36(50)55-39(7,8)9)17-18-42-56-29-20-24-19-28(40(24,10)11)41(29,12)57-42/h13,15,24-26,28-29H,14,16-22H2,1-12H3,(H2,43,47)(H,44,49)/t24-,26-,28-,29+,41-/m0/s1. The van der Waals surface area contributed by atoms with Gasteiger partial charge in [0.15, 0.2) is 5.75 Å². The van der Waals surface area contributed by atoms with E-state index in [0.29, 0.717) is 30.1 Å². The number of ether oxygens (including phenoxy) is 5. The van der Waals surface area contributed by atoms with E-state index in [1.165, 1.54) is 4.90 Å². The fourth-order valence-electron chi connectivity index (χ4n) is 8.30. The number of alkyl carbamates (subject to hydrolysis) is 1. The number of benzene rings is 1. The van der Waals surface area contributed by atoms with Crippen LogP contribution in [0.5, 0.6) is 11.5 Å². The third-order valence-electron chi connectivity index (χ3n) is 11.2. The van der Waals surface area contributed by atoms with Crippen LogP contribution in [0, 0.1) is 17.3 Å². The van der Waals surface area contributed by atoms with E-state index in [1.54, 1.807) is 74.4 Å². The predicted octanol–water partition coefficient (Wildman–Crippen LogP) is 5.98. The normalized spacial score (nSPS) is 24.6. The lowest BCUT2D eigenvalue weighted by atomic mass is 9.43. The Morgan fingerprint density at radius 3 is 2.14 bits per heavy atom. The summed E-state index contributed by atoms with van der Waals surface area (Å²) in [6.07, 6.45) is 0.394. The second-order valence-electron chi connectivity index (χ2n) is 19.6. The number of primary amides is 1. The number of nitrogens with two attached hydrogens (primary N) is 1. The van der Waals surface area contributed by atoms with Crippen LogP contribution < -0.4 is 20.5 Å². The van der Waals surface area contributed by atoms with Crippen LogP contribution in [0.4, 0.5) is 9.59 Å². The van der Waals surface area contributed by atoms with Crippen molar-refractivity contribution in [3.05, 3.63) is 23.3 Å². The van der Waals surface area contributed by atoms with Crippen LogP contribution in [0.25, 0.3) is 0 Å². The largest absolute Gasteiger partial charge is 0.514 e. The first-order chi connectivity index (χ1) is 26.1. The van der Waals surface area contributed by atoms with E-state index in [-0.39, 0.29) is 60.4 Å². The minimum absolute atomic E-state index is 0.00253. The maximum atomic E-state index is 14.0. The van der Waals surface area contributed by atoms with Gasteiger partial charge < -0.3 is 48.9 Å². The van der Waals surface area contributed by atoms with E-state index < -0.39 is 65.8 Å². The second kappa shape index (κ2) is 16.0. The number of hydrogen-bond acceptors (Lipinski definition) is 12. The van der Waals surface area contributed by atoms with E-state index in [1.807, 2.05) is 0 Å². The lowest BCUT2D eigenvalue weighted by Gasteiger charge is -2.64. The van der Waals surface area contributed by atoms with Gasteiger partial charge in [-0.25, -0.2) is 14.4 Å². The number of amides is 3. The Labute approximate surface area is 336 Å². The number of carbonyl (C=O) groups is 5. The number of likely N-dealkylation sites (tertiary alicyclic amines) is 1. The first-order valence-corrected chi connectivity index (χ1v) is 20.0. The highest BCUT2D eigenvalue weighted by molar-refractivity contribution is 6.45. The van der Waals surface area contributed by atoms with Crippen LogP contribution in [0.1, 0.15) is 125 Å². The third kappa shape index (κ3) is 10.5. The number of esters is 1. The number of hydrogen-bond donors (Lipinski definition) is 2. The van der Waals surface area contributed by atoms with Gasteiger partial charge in [-0.2, -0.15) is 0 Å². The number of nitrogens with zero attached hydrogens (tertiary/aromatic N) is 1. The number of carbonyl (C=O) groups excluding carboxylic acids is 5. The van der Waals surface area contributed by atoms with Crippen LogP contribution in [-0.2, 0) is 39.5 Å². The molecule has 57 heavy (non-hydrogen) atoms. The first-order valence-electron chi connectivity index (χ1n) is 20.0. The van der Waals surface area contributed by atoms with Crippen molar-refractivity contribution in [3.63, 3.8) is 0 Å². The Bertz CT molecular complexity index is 1720. The van der Waals surface area contributed by atoms with Crippen LogP contribution in [0.15, 0.2) is 12.1 Å². The predicted molar refractivity (Wildman–Crippen MR) is 210 cm³/mol. The van der Waals surface area contributed by atoms with Gasteiger partial charge in [0, 0.05) is 6.42 Å². The fourth-order valence-corrected chi connectivity index (χ4v) is 8.30. The minimum atomic E-state index is -1.10. The zero-order valence-electron chi connectivity index (χ0n) is 35.7. The lowest BCUT2D eigenvalue weighted by molar-refractivity contribution is -0.199. The molecule has 5 atom stereocenters. The summed E-state index contributed by atoms with van der Waals surface area (Å²) in [6, 6.07) is 2.26. The van der Waals surface area contributed by atoms with Crippen LogP contribution in [0.2, 0.25) is 6.32 Å². The molecule has 3 aliphatic carbocycles. The van der Waals surface area contributed by atoms with Gasteiger partial charge in [0.2, 0.25) is 11.8 Å². The summed E-state index contributed by atoms with van der Waals surface area (Å²) in [5.74, 6) is -0.799. The van der Waals surface area contributed by atoms with Crippen molar-refractivity contribution in [2.75, 3.05) is 13.1 Å². The van der Waals surface area contributed by atoms with Gasteiger partial charge in [-0.05, 0) is 130 Å². The molecular weight excluding hydrogens is 737 g/mol. The van der Waals surface area contributed by atoms with Crippen molar-refractivity contribution in [1.29, 1.82) is 0 Å². The Kier molecular flexibility index (Phi) is 12.3. The molecule has 1 aromatic carbocycles. The average molecular weight is 800 g/mol. The molecule has 3 N–H and O–H groups in total. The molecule has 6 rings (SSSR count). The van der Waals surface area contributed by atoms with Gasteiger partial charge >= 0.3 is 25.3 Å². The Hall–Kier alpha value is -4.05. The Morgan fingerprint density at radius 2 is 1.56 bits per heavy atom. The molecule has 316 valence electrons. The van der Waals surface area contributed by atoms with Crippen molar-refractivity contribution in [2.45, 2.75) is 162 Å². The van der Waals surface area contributed by atoms with Crippen LogP contribution in [-0.4, -0.2) is 95.8 Å². The summed E-state index contributed by atoms with van der Waals surface area (Å²) in [4.78, 5) is 66.0. The topological polar surface area (TPSA) is 191 Å². The van der Waals surface area contributed by atoms with Crippen molar-refractivity contribution in [1.82, 2.24) is 10.2 Å². The highest BCUT2D eigenvalue weighted by Crippen LogP contribution is 2.65. The molecule has 3 amide bonds. The molecule has 2 aliphatic heterocycles. The molecule has 5 fully saturated rings. The monoisotopic (exact) mass is 799 g/mol. The molecular formula is C41H62BN3O12. The van der Waals surface area contributed by atoms with Crippen molar-refractivity contribution in [3.8, 4) is 11.5 Å². The molecule has 0 radical (unpaired) electrons. The van der Waals surface area contributed by atoms with Gasteiger partial charge in [0.25, 0.3) is 0 Å². The SMILES string of the molecule is CC(C)(C)OC(=O)N[C@@H](CCC(=O)N1CC(Oc2ccc(CCB3O[C@@H]4C[C@@H]5C[C@@H](C5(C)C)[C@]4(C)O3)c(OC(=O)OC(C)(C)C)c2C(=O)OC(C)(C)C)C1)C(N)=O. The average Bonchev–Trinajstić information content (AvgIpc) is 3.37. The summed E-state index contributed by atoms with van der Waals surface area (Å²) in [5, 5.41) is 2.42. The van der Waals surface area contributed by atoms with E-state index in [4.69, 9.17) is 38.7 Å². The molecule has 3 saturated carbocycles. The zero-order chi connectivity index (χ0) is 42.5. The summed E-state index contributed by atoms with van der Waals surface area (Å²) >= 11 is 0. The molecule has 2 saturated heterocycles. The molecule has 0 aromatic heterocycles. The maximum Gasteiger partial charge on any atom is 0.514 e. The highest BCUT2D eigenvalue weighted by atomic mass is 16.7. The summed E-state index contributed by atoms with van der Waals surface area (Å²) in [7, 11) is -0.490.